The van der Waals surface area contributed by atoms with Crippen molar-refractivity contribution >= 4 is 23.4 Å². The van der Waals surface area contributed by atoms with Gasteiger partial charge < -0.3 is 19.7 Å². The minimum Gasteiger partial charge on any atom is -0.497 e. The molecule has 7 heteroatoms. The maximum Gasteiger partial charge on any atom is 0.261 e. The number of nitrogens with zero attached hydrogens (tertiary/aromatic N) is 1. The summed E-state index contributed by atoms with van der Waals surface area (Å²) in [5.41, 5.74) is 0.775. The van der Waals surface area contributed by atoms with Gasteiger partial charge in [0.2, 0.25) is 5.91 Å². The third kappa shape index (κ3) is 7.17. The predicted octanol–water partition coefficient (Wildman–Crippen LogP) is 4.45. The molecule has 0 aliphatic rings. The summed E-state index contributed by atoms with van der Waals surface area (Å²) in [6.07, 6.45) is 1.28. The normalized spacial score (nSPS) is 12.5. The van der Waals surface area contributed by atoms with Gasteiger partial charge in [-0.3, -0.25) is 9.59 Å². The molecule has 1 N–H and O–H groups in total. The van der Waals surface area contributed by atoms with E-state index in [0.717, 1.165) is 12.0 Å². The molecule has 0 spiro atoms. The molecule has 2 aromatic carbocycles. The molecule has 0 saturated carbocycles. The van der Waals surface area contributed by atoms with Crippen molar-refractivity contribution in [1.82, 2.24) is 10.2 Å². The van der Waals surface area contributed by atoms with Crippen molar-refractivity contribution in [1.29, 1.82) is 0 Å². The van der Waals surface area contributed by atoms with Crippen LogP contribution in [0.2, 0.25) is 5.02 Å². The molecule has 2 atom stereocenters. The molecule has 2 aromatic rings. The summed E-state index contributed by atoms with van der Waals surface area (Å²) in [6, 6.07) is 13.7. The highest BCUT2D eigenvalue weighted by Gasteiger charge is 2.30. The van der Waals surface area contributed by atoms with E-state index in [9.17, 15) is 9.59 Å². The van der Waals surface area contributed by atoms with Gasteiger partial charge in [-0.15, -0.1) is 0 Å². The van der Waals surface area contributed by atoms with E-state index in [0.29, 0.717) is 22.9 Å². The predicted molar refractivity (Wildman–Crippen MR) is 122 cm³/mol. The fourth-order valence-electron chi connectivity index (χ4n) is 3.07. The van der Waals surface area contributed by atoms with Crippen LogP contribution in [0, 0.1) is 0 Å². The molecule has 168 valence electrons. The number of benzene rings is 2. The van der Waals surface area contributed by atoms with Crippen LogP contribution >= 0.6 is 11.6 Å². The number of rotatable bonds is 11. The number of hydrogen-bond acceptors (Lipinski definition) is 4. The SMILES string of the molecule is CC[C@H](C(=O)N[C@@H](C)CC)N(Cc1ccccc1Cl)C(=O)COc1ccc(OC)cc1. The maximum atomic E-state index is 13.2. The zero-order valence-electron chi connectivity index (χ0n) is 18.6. The minimum absolute atomic E-state index is 0.0226. The first-order valence-corrected chi connectivity index (χ1v) is 10.9. The van der Waals surface area contributed by atoms with Gasteiger partial charge in [-0.25, -0.2) is 0 Å². The summed E-state index contributed by atoms with van der Waals surface area (Å²) in [5.74, 6) is 0.777. The zero-order valence-corrected chi connectivity index (χ0v) is 19.3. The highest BCUT2D eigenvalue weighted by Crippen LogP contribution is 2.21. The lowest BCUT2D eigenvalue weighted by Crippen LogP contribution is -2.51. The largest absolute Gasteiger partial charge is 0.497 e. The van der Waals surface area contributed by atoms with E-state index in [-0.39, 0.29) is 31.0 Å². The van der Waals surface area contributed by atoms with Crippen LogP contribution in [0.4, 0.5) is 0 Å². The Hall–Kier alpha value is -2.73. The molecule has 0 aliphatic heterocycles. The molecule has 31 heavy (non-hydrogen) atoms. The molecule has 0 saturated heterocycles. The standard InChI is InChI=1S/C24H31ClN2O4/c1-5-17(3)26-24(29)22(6-2)27(15-18-9-7-8-10-21(18)25)23(28)16-31-20-13-11-19(30-4)12-14-20/h7-14,17,22H,5-6,15-16H2,1-4H3,(H,26,29)/t17-,22+/m0/s1. The number of carbonyl (C=O) groups excluding carboxylic acids is 2. The lowest BCUT2D eigenvalue weighted by atomic mass is 10.1. The van der Waals surface area contributed by atoms with Crippen molar-refractivity contribution in [3.05, 3.63) is 59.1 Å². The van der Waals surface area contributed by atoms with E-state index < -0.39 is 6.04 Å². The van der Waals surface area contributed by atoms with Crippen molar-refractivity contribution in [2.24, 2.45) is 0 Å². The number of ether oxygens (including phenoxy) is 2. The van der Waals surface area contributed by atoms with Crippen molar-refractivity contribution in [3.63, 3.8) is 0 Å². The van der Waals surface area contributed by atoms with Crippen LogP contribution in [-0.2, 0) is 16.1 Å². The van der Waals surface area contributed by atoms with Crippen molar-refractivity contribution in [2.75, 3.05) is 13.7 Å². The first kappa shape index (κ1) is 24.5. The minimum atomic E-state index is -0.628. The summed E-state index contributed by atoms with van der Waals surface area (Å²) in [7, 11) is 1.58. The van der Waals surface area contributed by atoms with Crippen LogP contribution in [0.5, 0.6) is 11.5 Å². The van der Waals surface area contributed by atoms with Gasteiger partial charge in [0.25, 0.3) is 5.91 Å². The quantitative estimate of drug-likeness (QED) is 0.553. The molecule has 0 unspecified atom stereocenters. The van der Waals surface area contributed by atoms with Gasteiger partial charge >= 0.3 is 0 Å². The van der Waals surface area contributed by atoms with E-state index in [4.69, 9.17) is 21.1 Å². The first-order chi connectivity index (χ1) is 14.9. The summed E-state index contributed by atoms with van der Waals surface area (Å²) in [5, 5.41) is 3.53. The van der Waals surface area contributed by atoms with Gasteiger partial charge in [0.1, 0.15) is 17.5 Å². The third-order valence-corrected chi connectivity index (χ3v) is 5.48. The number of amides is 2. The van der Waals surface area contributed by atoms with E-state index in [1.165, 1.54) is 0 Å². The van der Waals surface area contributed by atoms with Gasteiger partial charge in [0.15, 0.2) is 6.61 Å². The Morgan fingerprint density at radius 2 is 1.68 bits per heavy atom. The molecule has 0 aliphatic carbocycles. The van der Waals surface area contributed by atoms with E-state index >= 15 is 0 Å². The van der Waals surface area contributed by atoms with Crippen LogP contribution in [0.15, 0.2) is 48.5 Å². The molecule has 0 fully saturated rings. The smallest absolute Gasteiger partial charge is 0.261 e. The molecular formula is C24H31ClN2O4. The van der Waals surface area contributed by atoms with Crippen LogP contribution < -0.4 is 14.8 Å². The van der Waals surface area contributed by atoms with Crippen LogP contribution in [0.3, 0.4) is 0 Å². The van der Waals surface area contributed by atoms with E-state index in [1.54, 1.807) is 42.3 Å². The summed E-state index contributed by atoms with van der Waals surface area (Å²) < 4.78 is 10.8. The molecule has 0 radical (unpaired) electrons. The molecule has 2 rings (SSSR count). The second-order valence-corrected chi connectivity index (χ2v) is 7.73. The lowest BCUT2D eigenvalue weighted by molar-refractivity contribution is -0.143. The highest BCUT2D eigenvalue weighted by atomic mass is 35.5. The summed E-state index contributed by atoms with van der Waals surface area (Å²) in [4.78, 5) is 27.6. The second kappa shape index (κ2) is 12.2. The Bertz CT molecular complexity index is 857. The van der Waals surface area contributed by atoms with E-state index in [2.05, 4.69) is 5.32 Å². The topological polar surface area (TPSA) is 67.9 Å². The molecule has 6 nitrogen and oxygen atoms in total. The summed E-state index contributed by atoms with van der Waals surface area (Å²) >= 11 is 6.33. The monoisotopic (exact) mass is 446 g/mol. The fraction of sp³-hybridized carbons (Fsp3) is 0.417. The van der Waals surface area contributed by atoms with E-state index in [1.807, 2.05) is 39.0 Å². The summed E-state index contributed by atoms with van der Waals surface area (Å²) in [6.45, 7) is 5.86. The number of halogens is 1. The van der Waals surface area contributed by atoms with Gasteiger partial charge in [0, 0.05) is 17.6 Å². The van der Waals surface area contributed by atoms with Crippen LogP contribution in [-0.4, -0.2) is 42.5 Å². The zero-order chi connectivity index (χ0) is 22.8. The van der Waals surface area contributed by atoms with Crippen LogP contribution in [0.1, 0.15) is 39.2 Å². The number of hydrogen-bond donors (Lipinski definition) is 1. The van der Waals surface area contributed by atoms with Gasteiger partial charge in [-0.2, -0.15) is 0 Å². The van der Waals surface area contributed by atoms with Crippen molar-refractivity contribution in [2.45, 2.75) is 52.2 Å². The Labute approximate surface area is 189 Å². The van der Waals surface area contributed by atoms with Crippen LogP contribution in [0.25, 0.3) is 0 Å². The van der Waals surface area contributed by atoms with Gasteiger partial charge in [0.05, 0.1) is 7.11 Å². The third-order valence-electron chi connectivity index (χ3n) is 5.11. The highest BCUT2D eigenvalue weighted by molar-refractivity contribution is 6.31. The molecule has 0 bridgehead atoms. The van der Waals surface area contributed by atoms with Gasteiger partial charge in [-0.05, 0) is 55.7 Å². The number of carbonyl (C=O) groups is 2. The fourth-order valence-corrected chi connectivity index (χ4v) is 3.27. The second-order valence-electron chi connectivity index (χ2n) is 7.32. The van der Waals surface area contributed by atoms with Crippen molar-refractivity contribution < 1.29 is 19.1 Å². The average Bonchev–Trinajstić information content (AvgIpc) is 2.78. The molecule has 0 heterocycles. The average molecular weight is 447 g/mol. The number of methoxy groups -OCH3 is 1. The maximum absolute atomic E-state index is 13.2. The Morgan fingerprint density at radius 1 is 1.03 bits per heavy atom. The molecule has 2 amide bonds. The Kier molecular flexibility index (Phi) is 9.66. The van der Waals surface area contributed by atoms with Gasteiger partial charge in [-0.1, -0.05) is 43.6 Å². The number of nitrogens with one attached hydrogen (secondary N) is 1. The molecule has 0 aromatic heterocycles. The Balaban J connectivity index is 2.20. The lowest BCUT2D eigenvalue weighted by Gasteiger charge is -2.31. The first-order valence-electron chi connectivity index (χ1n) is 10.5. The molecular weight excluding hydrogens is 416 g/mol. The van der Waals surface area contributed by atoms with Crippen molar-refractivity contribution in [3.8, 4) is 11.5 Å². The Morgan fingerprint density at radius 3 is 2.26 bits per heavy atom.